The van der Waals surface area contributed by atoms with Gasteiger partial charge in [-0.1, -0.05) is 0 Å². The normalized spacial score (nSPS) is 31.1. The molecule has 4 saturated heterocycles. The summed E-state index contributed by atoms with van der Waals surface area (Å²) in [6.07, 6.45) is 7.51. The van der Waals surface area contributed by atoms with Gasteiger partial charge in [-0.05, 0) is 80.5 Å². The van der Waals surface area contributed by atoms with Crippen molar-refractivity contribution in [2.75, 3.05) is 57.4 Å². The second-order valence-corrected chi connectivity index (χ2v) is 15.2. The van der Waals surface area contributed by atoms with Crippen molar-refractivity contribution >= 4 is 33.5 Å². The zero-order valence-electron chi connectivity index (χ0n) is 27.6. The molecule has 0 radical (unpaired) electrons. The lowest BCUT2D eigenvalue weighted by Gasteiger charge is -2.39. The summed E-state index contributed by atoms with van der Waals surface area (Å²) in [6, 6.07) is 2.14. The highest BCUT2D eigenvalue weighted by molar-refractivity contribution is 6.00. The van der Waals surface area contributed by atoms with Crippen LogP contribution in [0.3, 0.4) is 0 Å². The lowest BCUT2D eigenvalue weighted by atomic mass is 9.91. The first kappa shape index (κ1) is 29.9. The Hall–Kier alpha value is -3.97. The van der Waals surface area contributed by atoms with Crippen LogP contribution in [0.15, 0.2) is 18.5 Å². The Kier molecular flexibility index (Phi) is 6.72. The van der Waals surface area contributed by atoms with Crippen LogP contribution in [0.5, 0.6) is 6.01 Å². The van der Waals surface area contributed by atoms with Crippen LogP contribution in [0, 0.1) is 24.6 Å². The molecule has 7 aliphatic rings. The molecule has 2 unspecified atom stereocenters. The lowest BCUT2D eigenvalue weighted by Crippen LogP contribution is -2.51. The molecule has 6 bridgehead atoms. The number of piperidine rings is 1. The molecule has 6 atom stereocenters. The number of benzene rings is 1. The molecule has 4 aromatic rings. The summed E-state index contributed by atoms with van der Waals surface area (Å²) in [5.74, 6) is 0.775. The average Bonchev–Trinajstić information content (AvgIpc) is 3.44. The third-order valence-corrected chi connectivity index (χ3v) is 12.4. The highest BCUT2D eigenvalue weighted by Crippen LogP contribution is 2.53. The highest BCUT2D eigenvalue weighted by atomic mass is 19.1. The fourth-order valence-corrected chi connectivity index (χ4v) is 9.93. The van der Waals surface area contributed by atoms with Crippen LogP contribution in [0.4, 0.5) is 14.6 Å². The van der Waals surface area contributed by atoms with Crippen molar-refractivity contribution in [2.45, 2.75) is 69.1 Å². The number of aromatic amines is 1. The number of aryl methyl sites for hydroxylation is 1. The van der Waals surface area contributed by atoms with Crippen LogP contribution < -0.4 is 9.64 Å². The van der Waals surface area contributed by atoms with Crippen molar-refractivity contribution < 1.29 is 23.0 Å². The van der Waals surface area contributed by atoms with E-state index in [0.717, 1.165) is 60.7 Å². The van der Waals surface area contributed by atoms with Gasteiger partial charge in [0.2, 0.25) is 5.91 Å². The molecule has 11 nitrogen and oxygen atoms in total. The minimum absolute atomic E-state index is 0.00728. The number of rotatable bonds is 3. The quantitative estimate of drug-likeness (QED) is 0.336. The summed E-state index contributed by atoms with van der Waals surface area (Å²) in [6.45, 7) is 6.04. The van der Waals surface area contributed by atoms with Crippen molar-refractivity contribution in [3.8, 4) is 17.3 Å². The van der Waals surface area contributed by atoms with Crippen molar-refractivity contribution in [1.29, 1.82) is 0 Å². The number of alkyl halides is 1. The molecule has 1 saturated carbocycles. The molecule has 9 heterocycles. The lowest BCUT2D eigenvalue weighted by molar-refractivity contribution is -0.137. The van der Waals surface area contributed by atoms with Crippen LogP contribution in [0.2, 0.25) is 0 Å². The van der Waals surface area contributed by atoms with E-state index < -0.39 is 17.5 Å². The number of hydrogen-bond acceptors (Lipinski definition) is 9. The monoisotopic (exact) mass is 670 g/mol. The van der Waals surface area contributed by atoms with E-state index >= 15 is 4.39 Å². The fourth-order valence-electron chi connectivity index (χ4n) is 9.93. The number of halogens is 2. The maximum atomic E-state index is 17.3. The number of H-pyrrole nitrogens is 1. The molecule has 6 aliphatic heterocycles. The largest absolute Gasteiger partial charge is 0.461 e. The standard InChI is InChI=1S/C36H40F2N8O3/c1-19-9-26-24(13-40-43-26)30-29(19)23-10-21(23)16-48-17-28(47)46-8-4-20-3-7-44(15-27(20)46)34-25-12-39-33(30)31(38)32(25)41-35(42-34)49-18-36-5-2-6-45(36)14-22(37)11-36/h9,12-13,20-23,27H,2-8,10-11,14-18H2,1H3,(H,40,43)/t20-,21?,22+,23?,27-,36-/m0/s1. The van der Waals surface area contributed by atoms with Crippen molar-refractivity contribution in [3.63, 3.8) is 0 Å². The maximum Gasteiger partial charge on any atom is 0.319 e. The van der Waals surface area contributed by atoms with Crippen molar-refractivity contribution in [2.24, 2.45) is 11.8 Å². The number of ether oxygens (including phenoxy) is 2. The topological polar surface area (TPSA) is 113 Å². The first-order chi connectivity index (χ1) is 23.9. The molecule has 5 fully saturated rings. The third-order valence-electron chi connectivity index (χ3n) is 12.4. The molecular weight excluding hydrogens is 630 g/mol. The number of fused-ring (bicyclic) bond motifs is 6. The van der Waals surface area contributed by atoms with Crippen LogP contribution in [-0.4, -0.2) is 111 Å². The van der Waals surface area contributed by atoms with E-state index in [2.05, 4.69) is 26.1 Å². The van der Waals surface area contributed by atoms with E-state index in [-0.39, 0.29) is 54.2 Å². The Bertz CT molecular complexity index is 2010. The molecule has 1 N–H and O–H groups in total. The smallest absolute Gasteiger partial charge is 0.319 e. The SMILES string of the molecule is Cc1cc2[nH]ncc2c2c1C1CC1COCC(=O)N1CC[C@@H]3CCN(C[C@@H]31)c1nc(OC[C@@]34CCCN3C[C@H](F)C4)nc3c(F)c-2ncc13. The minimum atomic E-state index is -0.891. The van der Waals surface area contributed by atoms with E-state index in [1.54, 1.807) is 12.4 Å². The molecule has 13 heteroatoms. The molecule has 1 aromatic carbocycles. The number of pyridine rings is 1. The van der Waals surface area contributed by atoms with Crippen LogP contribution in [0.1, 0.15) is 55.6 Å². The fraction of sp³-hybridized carbons (Fsp3) is 0.583. The van der Waals surface area contributed by atoms with Crippen LogP contribution >= 0.6 is 0 Å². The first-order valence-corrected chi connectivity index (χ1v) is 17.8. The number of nitrogens with zero attached hydrogens (tertiary/aromatic N) is 7. The molecule has 256 valence electrons. The van der Waals surface area contributed by atoms with Gasteiger partial charge in [0.15, 0.2) is 5.82 Å². The number of carbonyl (C=O) groups excluding carboxylic acids is 1. The molecule has 3 aromatic heterocycles. The number of hydrogen-bond donors (Lipinski definition) is 1. The third kappa shape index (κ3) is 4.67. The Morgan fingerprint density at radius 3 is 2.94 bits per heavy atom. The molecule has 11 rings (SSSR count). The van der Waals surface area contributed by atoms with Crippen LogP contribution in [-0.2, 0) is 9.53 Å². The zero-order valence-corrected chi connectivity index (χ0v) is 27.6. The Balaban J connectivity index is 1.14. The Morgan fingerprint density at radius 1 is 1.12 bits per heavy atom. The zero-order chi connectivity index (χ0) is 33.0. The maximum absolute atomic E-state index is 17.3. The van der Waals surface area contributed by atoms with E-state index in [0.29, 0.717) is 61.9 Å². The molecular formula is C36H40F2N8O3. The van der Waals surface area contributed by atoms with Gasteiger partial charge in [-0.25, -0.2) is 8.78 Å². The molecule has 49 heavy (non-hydrogen) atoms. The van der Waals surface area contributed by atoms with Gasteiger partial charge >= 0.3 is 6.01 Å². The second-order valence-electron chi connectivity index (χ2n) is 15.2. The predicted octanol–water partition coefficient (Wildman–Crippen LogP) is 4.53. The summed E-state index contributed by atoms with van der Waals surface area (Å²) >= 11 is 0. The summed E-state index contributed by atoms with van der Waals surface area (Å²) in [4.78, 5) is 34.4. The number of anilines is 1. The Labute approximate surface area is 282 Å². The van der Waals surface area contributed by atoms with E-state index in [4.69, 9.17) is 24.4 Å². The van der Waals surface area contributed by atoms with Gasteiger partial charge in [-0.15, -0.1) is 0 Å². The average molecular weight is 671 g/mol. The van der Waals surface area contributed by atoms with E-state index in [1.165, 1.54) is 0 Å². The molecule has 1 aliphatic carbocycles. The summed E-state index contributed by atoms with van der Waals surface area (Å²) < 4.78 is 44.4. The number of amides is 1. The van der Waals surface area contributed by atoms with Crippen molar-refractivity contribution in [1.82, 2.24) is 34.9 Å². The van der Waals surface area contributed by atoms with E-state index in [1.807, 2.05) is 11.8 Å². The molecule has 0 spiro atoms. The number of carbonyl (C=O) groups is 1. The van der Waals surface area contributed by atoms with Gasteiger partial charge in [0, 0.05) is 49.7 Å². The first-order valence-electron chi connectivity index (χ1n) is 17.8. The van der Waals surface area contributed by atoms with Gasteiger partial charge in [0.05, 0.1) is 35.3 Å². The van der Waals surface area contributed by atoms with Gasteiger partial charge in [0.1, 0.15) is 36.4 Å². The Morgan fingerprint density at radius 2 is 2.02 bits per heavy atom. The van der Waals surface area contributed by atoms with E-state index in [9.17, 15) is 9.18 Å². The minimum Gasteiger partial charge on any atom is -0.461 e. The van der Waals surface area contributed by atoms with Crippen LogP contribution in [0.25, 0.3) is 33.1 Å². The van der Waals surface area contributed by atoms with Crippen molar-refractivity contribution in [3.05, 3.63) is 35.4 Å². The number of aromatic nitrogens is 5. The van der Waals surface area contributed by atoms with Gasteiger partial charge in [-0.3, -0.25) is 19.8 Å². The summed E-state index contributed by atoms with van der Waals surface area (Å²) in [5, 5.41) is 8.67. The predicted molar refractivity (Wildman–Crippen MR) is 178 cm³/mol. The highest BCUT2D eigenvalue weighted by Gasteiger charge is 2.50. The van der Waals surface area contributed by atoms with Gasteiger partial charge in [0.25, 0.3) is 0 Å². The van der Waals surface area contributed by atoms with Gasteiger partial charge in [-0.2, -0.15) is 15.1 Å². The second kappa shape index (κ2) is 11.0. The van der Waals surface area contributed by atoms with Gasteiger partial charge < -0.3 is 19.3 Å². The summed E-state index contributed by atoms with van der Waals surface area (Å²) in [5.41, 5.74) is 3.53. The number of nitrogens with one attached hydrogen (secondary N) is 1. The molecule has 1 amide bonds. The summed E-state index contributed by atoms with van der Waals surface area (Å²) in [7, 11) is 0.